The summed E-state index contributed by atoms with van der Waals surface area (Å²) in [6, 6.07) is 7.81. The smallest absolute Gasteiger partial charge is 0.126 e. The summed E-state index contributed by atoms with van der Waals surface area (Å²) in [6.45, 7) is 5.00. The first-order valence-corrected chi connectivity index (χ1v) is 7.25. The quantitative estimate of drug-likeness (QED) is 0.585. The molecule has 102 valence electrons. The summed E-state index contributed by atoms with van der Waals surface area (Å²) in [6.07, 6.45) is 4.05. The first-order valence-electron chi connectivity index (χ1n) is 6.06. The van der Waals surface area contributed by atoms with E-state index in [1.54, 1.807) is 17.6 Å². The second-order valence-electron chi connectivity index (χ2n) is 3.94. The topological polar surface area (TPSA) is 34.4 Å². The Hall–Kier alpha value is -1.23. The molecule has 19 heavy (non-hydrogen) atoms. The van der Waals surface area contributed by atoms with E-state index in [2.05, 4.69) is 11.9 Å². The minimum atomic E-state index is 0.0382. The molecule has 3 nitrogen and oxygen atoms in total. The van der Waals surface area contributed by atoms with Crippen molar-refractivity contribution < 1.29 is 9.15 Å². The summed E-state index contributed by atoms with van der Waals surface area (Å²) in [5, 5.41) is 3.45. The van der Waals surface area contributed by atoms with E-state index in [1.165, 1.54) is 6.26 Å². The molecule has 2 aromatic heterocycles. The van der Waals surface area contributed by atoms with Gasteiger partial charge in [-0.05, 0) is 37.2 Å². The van der Waals surface area contributed by atoms with Crippen LogP contribution in [0.1, 0.15) is 23.1 Å². The highest BCUT2D eigenvalue weighted by atomic mass is 35.5. The molecule has 1 atom stereocenters. The van der Waals surface area contributed by atoms with Crippen molar-refractivity contribution in [1.82, 2.24) is 5.32 Å². The number of hydrogen-bond donors (Lipinski definition) is 1. The van der Waals surface area contributed by atoms with Gasteiger partial charge < -0.3 is 14.5 Å². The first kappa shape index (κ1) is 14.2. The molecule has 0 bridgehead atoms. The van der Waals surface area contributed by atoms with Crippen LogP contribution < -0.4 is 5.32 Å². The molecule has 0 saturated carbocycles. The molecule has 2 heterocycles. The van der Waals surface area contributed by atoms with Crippen LogP contribution in [-0.4, -0.2) is 13.2 Å². The van der Waals surface area contributed by atoms with Gasteiger partial charge in [0.05, 0.1) is 23.5 Å². The van der Waals surface area contributed by atoms with Crippen LogP contribution in [0.4, 0.5) is 0 Å². The standard InChI is InChI=1S/C14H16ClNO2S/c1-2-17-9-4-8-16-14(11-5-3-10-18-11)12-6-7-13(15)19-12/h2-3,5-7,10,14,16H,1,4,8-9H2. The fourth-order valence-corrected chi connectivity index (χ4v) is 2.91. The van der Waals surface area contributed by atoms with E-state index in [1.807, 2.05) is 24.3 Å². The molecule has 2 rings (SSSR count). The zero-order chi connectivity index (χ0) is 13.5. The van der Waals surface area contributed by atoms with Gasteiger partial charge in [-0.3, -0.25) is 0 Å². The van der Waals surface area contributed by atoms with Crippen molar-refractivity contribution in [3.8, 4) is 0 Å². The van der Waals surface area contributed by atoms with Crippen LogP contribution in [0.25, 0.3) is 0 Å². The molecule has 0 aliphatic rings. The lowest BCUT2D eigenvalue weighted by Crippen LogP contribution is -2.23. The van der Waals surface area contributed by atoms with Gasteiger partial charge in [-0.25, -0.2) is 0 Å². The number of ether oxygens (including phenoxy) is 1. The number of thiophene rings is 1. The summed E-state index contributed by atoms with van der Waals surface area (Å²) >= 11 is 7.56. The Morgan fingerprint density at radius 1 is 1.47 bits per heavy atom. The Morgan fingerprint density at radius 3 is 3.00 bits per heavy atom. The molecule has 0 radical (unpaired) electrons. The Balaban J connectivity index is 1.97. The highest BCUT2D eigenvalue weighted by molar-refractivity contribution is 7.16. The predicted molar refractivity (Wildman–Crippen MR) is 78.6 cm³/mol. The highest BCUT2D eigenvalue weighted by Crippen LogP contribution is 2.31. The summed E-state index contributed by atoms with van der Waals surface area (Å²) < 4.78 is 11.4. The molecule has 5 heteroatoms. The van der Waals surface area contributed by atoms with Gasteiger partial charge in [0.25, 0.3) is 0 Å². The summed E-state index contributed by atoms with van der Waals surface area (Å²) in [5.74, 6) is 0.892. The third-order valence-electron chi connectivity index (χ3n) is 2.61. The minimum Gasteiger partial charge on any atom is -0.502 e. The van der Waals surface area contributed by atoms with Gasteiger partial charge in [0.2, 0.25) is 0 Å². The van der Waals surface area contributed by atoms with Crippen LogP contribution in [0.3, 0.4) is 0 Å². The van der Waals surface area contributed by atoms with E-state index in [0.717, 1.165) is 27.9 Å². The molecule has 1 unspecified atom stereocenters. The zero-order valence-electron chi connectivity index (χ0n) is 10.5. The normalized spacial score (nSPS) is 12.3. The monoisotopic (exact) mass is 297 g/mol. The molecule has 0 saturated heterocycles. The average molecular weight is 298 g/mol. The molecule has 0 aliphatic carbocycles. The van der Waals surface area contributed by atoms with Crippen molar-refractivity contribution in [2.75, 3.05) is 13.2 Å². The van der Waals surface area contributed by atoms with Crippen LogP contribution >= 0.6 is 22.9 Å². The number of rotatable bonds is 8. The van der Waals surface area contributed by atoms with Gasteiger partial charge in [0.15, 0.2) is 0 Å². The van der Waals surface area contributed by atoms with E-state index in [4.69, 9.17) is 20.8 Å². The van der Waals surface area contributed by atoms with Gasteiger partial charge in [0, 0.05) is 4.88 Å². The van der Waals surface area contributed by atoms with Crippen LogP contribution in [0, 0.1) is 0 Å². The number of halogens is 1. The van der Waals surface area contributed by atoms with Crippen molar-refractivity contribution in [2.24, 2.45) is 0 Å². The molecule has 0 fully saturated rings. The Labute approximate surface area is 121 Å². The van der Waals surface area contributed by atoms with E-state index in [-0.39, 0.29) is 6.04 Å². The fourth-order valence-electron chi connectivity index (χ4n) is 1.77. The SMILES string of the molecule is C=COCCCNC(c1ccco1)c1ccc(Cl)s1. The van der Waals surface area contributed by atoms with E-state index >= 15 is 0 Å². The number of nitrogens with one attached hydrogen (secondary N) is 1. The molecule has 0 aromatic carbocycles. The van der Waals surface area contributed by atoms with Gasteiger partial charge >= 0.3 is 0 Å². The Morgan fingerprint density at radius 2 is 2.37 bits per heavy atom. The maximum atomic E-state index is 6.00. The lowest BCUT2D eigenvalue weighted by molar-refractivity contribution is 0.243. The third kappa shape index (κ3) is 4.13. The van der Waals surface area contributed by atoms with Gasteiger partial charge in [-0.2, -0.15) is 0 Å². The third-order valence-corrected chi connectivity index (χ3v) is 3.91. The first-order chi connectivity index (χ1) is 9.31. The second-order valence-corrected chi connectivity index (χ2v) is 5.68. The van der Waals surface area contributed by atoms with Crippen molar-refractivity contribution in [3.05, 3.63) is 58.3 Å². The minimum absolute atomic E-state index is 0.0382. The van der Waals surface area contributed by atoms with Crippen molar-refractivity contribution >= 4 is 22.9 Å². The molecule has 2 aromatic rings. The Kier molecular flexibility index (Phi) is 5.51. The van der Waals surface area contributed by atoms with Gasteiger partial charge in [-0.1, -0.05) is 18.2 Å². The summed E-state index contributed by atoms with van der Waals surface area (Å²) in [7, 11) is 0. The van der Waals surface area contributed by atoms with Crippen LogP contribution in [0.15, 0.2) is 47.8 Å². The highest BCUT2D eigenvalue weighted by Gasteiger charge is 2.17. The summed E-state index contributed by atoms with van der Waals surface area (Å²) in [4.78, 5) is 1.14. The molecule has 0 amide bonds. The summed E-state index contributed by atoms with van der Waals surface area (Å²) in [5.41, 5.74) is 0. The Bertz CT molecular complexity index is 495. The molecule has 0 aliphatic heterocycles. The van der Waals surface area contributed by atoms with Gasteiger partial charge in [-0.15, -0.1) is 11.3 Å². The van der Waals surface area contributed by atoms with Crippen LogP contribution in [-0.2, 0) is 4.74 Å². The molecular weight excluding hydrogens is 282 g/mol. The number of hydrogen-bond acceptors (Lipinski definition) is 4. The lowest BCUT2D eigenvalue weighted by atomic mass is 10.2. The fraction of sp³-hybridized carbons (Fsp3) is 0.286. The maximum Gasteiger partial charge on any atom is 0.126 e. The van der Waals surface area contributed by atoms with E-state index < -0.39 is 0 Å². The average Bonchev–Trinajstić information content (AvgIpc) is 3.05. The molecular formula is C14H16ClNO2S. The van der Waals surface area contributed by atoms with Crippen molar-refractivity contribution in [3.63, 3.8) is 0 Å². The predicted octanol–water partition coefficient (Wildman–Crippen LogP) is 4.22. The maximum absolute atomic E-state index is 6.00. The van der Waals surface area contributed by atoms with Gasteiger partial charge in [0.1, 0.15) is 11.8 Å². The van der Waals surface area contributed by atoms with Crippen molar-refractivity contribution in [1.29, 1.82) is 0 Å². The van der Waals surface area contributed by atoms with Crippen LogP contribution in [0.2, 0.25) is 4.34 Å². The van der Waals surface area contributed by atoms with E-state index in [0.29, 0.717) is 6.61 Å². The second kappa shape index (κ2) is 7.38. The molecule has 0 spiro atoms. The molecule has 1 N–H and O–H groups in total. The van der Waals surface area contributed by atoms with Crippen molar-refractivity contribution in [2.45, 2.75) is 12.5 Å². The van der Waals surface area contributed by atoms with E-state index in [9.17, 15) is 0 Å². The number of furan rings is 1. The lowest BCUT2D eigenvalue weighted by Gasteiger charge is -2.15. The van der Waals surface area contributed by atoms with Crippen LogP contribution in [0.5, 0.6) is 0 Å². The largest absolute Gasteiger partial charge is 0.502 e. The zero-order valence-corrected chi connectivity index (χ0v) is 12.0.